The summed E-state index contributed by atoms with van der Waals surface area (Å²) in [6.45, 7) is 23.4. The van der Waals surface area contributed by atoms with E-state index in [1.54, 1.807) is 6.08 Å². The van der Waals surface area contributed by atoms with Crippen molar-refractivity contribution in [3.05, 3.63) is 12.2 Å². The van der Waals surface area contributed by atoms with Crippen molar-refractivity contribution in [2.24, 2.45) is 0 Å². The topological polar surface area (TPSA) is 38.7 Å². The molecule has 0 spiro atoms. The zero-order chi connectivity index (χ0) is 18.5. The minimum atomic E-state index is -1.83. The van der Waals surface area contributed by atoms with Gasteiger partial charge < -0.3 is 14.0 Å². The lowest BCUT2D eigenvalue weighted by Crippen LogP contribution is -2.44. The molecule has 0 fully saturated rings. The number of aliphatic hydroxyl groups is 1. The summed E-state index contributed by atoms with van der Waals surface area (Å²) in [6, 6.07) is 0. The zero-order valence-corrected chi connectivity index (χ0v) is 19.1. The van der Waals surface area contributed by atoms with Crippen LogP contribution in [0.2, 0.25) is 36.3 Å². The maximum Gasteiger partial charge on any atom is 0.192 e. The van der Waals surface area contributed by atoms with Crippen molar-refractivity contribution in [2.45, 2.75) is 90.3 Å². The third-order valence-electron chi connectivity index (χ3n) is 5.38. The molecular formula is C18H40O3Si2. The molecule has 5 heteroatoms. The summed E-state index contributed by atoms with van der Waals surface area (Å²) < 4.78 is 12.8. The van der Waals surface area contributed by atoms with E-state index in [1.807, 2.05) is 6.08 Å². The maximum absolute atomic E-state index is 9.08. The van der Waals surface area contributed by atoms with Crippen LogP contribution in [0.5, 0.6) is 0 Å². The first-order valence-electron chi connectivity index (χ1n) is 8.73. The maximum atomic E-state index is 9.08. The number of aliphatic hydroxyl groups excluding tert-OH is 1. The standard InChI is InChI=1S/C18H40O3Si2/c1-17(2,3)22(7,8)20-15-13-16(12-11-14-19)21-23(9,10)18(4,5)6/h11-12,16,19H,13-15H2,1-10H3/b12-11+/t16-/m1/s1. The summed E-state index contributed by atoms with van der Waals surface area (Å²) in [6.07, 6.45) is 4.64. The van der Waals surface area contributed by atoms with Gasteiger partial charge in [-0.2, -0.15) is 0 Å². The fourth-order valence-electron chi connectivity index (χ4n) is 1.61. The number of rotatable bonds is 8. The van der Waals surface area contributed by atoms with E-state index in [-0.39, 0.29) is 22.8 Å². The molecule has 3 nitrogen and oxygen atoms in total. The first-order chi connectivity index (χ1) is 10.1. The van der Waals surface area contributed by atoms with Crippen LogP contribution in [0.25, 0.3) is 0 Å². The van der Waals surface area contributed by atoms with Gasteiger partial charge in [-0.05, 0) is 42.7 Å². The van der Waals surface area contributed by atoms with Crippen molar-refractivity contribution in [1.82, 2.24) is 0 Å². The normalized spacial score (nSPS) is 16.1. The lowest BCUT2D eigenvalue weighted by molar-refractivity contribution is 0.175. The lowest BCUT2D eigenvalue weighted by atomic mass is 10.2. The van der Waals surface area contributed by atoms with Crippen LogP contribution in [0, 0.1) is 0 Å². The second-order valence-corrected chi connectivity index (χ2v) is 19.0. The molecule has 1 atom stereocenters. The van der Waals surface area contributed by atoms with Gasteiger partial charge in [-0.3, -0.25) is 0 Å². The molecule has 0 aliphatic rings. The number of hydrogen-bond donors (Lipinski definition) is 1. The van der Waals surface area contributed by atoms with Crippen molar-refractivity contribution >= 4 is 16.6 Å². The van der Waals surface area contributed by atoms with E-state index in [4.69, 9.17) is 14.0 Å². The minimum Gasteiger partial charge on any atom is -0.417 e. The Hall–Kier alpha value is 0.0538. The Labute approximate surface area is 146 Å². The Morgan fingerprint density at radius 3 is 1.78 bits per heavy atom. The average Bonchev–Trinajstić information content (AvgIpc) is 2.32. The summed E-state index contributed by atoms with van der Waals surface area (Å²) in [5.74, 6) is 0. The third kappa shape index (κ3) is 7.65. The molecule has 0 aromatic rings. The predicted octanol–water partition coefficient (Wildman–Crippen LogP) is 5.34. The molecule has 0 aliphatic heterocycles. The van der Waals surface area contributed by atoms with Gasteiger partial charge in [0.15, 0.2) is 16.6 Å². The minimum absolute atomic E-state index is 0.0211. The lowest BCUT2D eigenvalue weighted by Gasteiger charge is -2.39. The summed E-state index contributed by atoms with van der Waals surface area (Å²) in [5, 5.41) is 9.48. The SMILES string of the molecule is CC(C)(C)[Si](C)(C)OCC[C@@H](/C=C/CO)O[Si](C)(C)C(C)(C)C. The molecule has 0 saturated carbocycles. The van der Waals surface area contributed by atoms with Crippen molar-refractivity contribution < 1.29 is 14.0 Å². The van der Waals surface area contributed by atoms with Crippen LogP contribution in [0.1, 0.15) is 48.0 Å². The average molecular weight is 361 g/mol. The molecule has 0 amide bonds. The number of hydrogen-bond acceptors (Lipinski definition) is 3. The van der Waals surface area contributed by atoms with Gasteiger partial charge in [0.05, 0.1) is 12.7 Å². The highest BCUT2D eigenvalue weighted by Gasteiger charge is 2.39. The monoisotopic (exact) mass is 360 g/mol. The highest BCUT2D eigenvalue weighted by Crippen LogP contribution is 2.38. The molecule has 0 heterocycles. The van der Waals surface area contributed by atoms with Crippen LogP contribution < -0.4 is 0 Å². The molecule has 0 bridgehead atoms. The summed E-state index contributed by atoms with van der Waals surface area (Å²) in [4.78, 5) is 0. The summed E-state index contributed by atoms with van der Waals surface area (Å²) in [5.41, 5.74) is 0. The van der Waals surface area contributed by atoms with Crippen LogP contribution in [0.15, 0.2) is 12.2 Å². The van der Waals surface area contributed by atoms with Crippen molar-refractivity contribution in [1.29, 1.82) is 0 Å². The molecule has 0 rings (SSSR count). The van der Waals surface area contributed by atoms with Crippen molar-refractivity contribution in [2.75, 3.05) is 13.2 Å². The van der Waals surface area contributed by atoms with Gasteiger partial charge >= 0.3 is 0 Å². The van der Waals surface area contributed by atoms with Gasteiger partial charge in [-0.25, -0.2) is 0 Å². The summed E-state index contributed by atoms with van der Waals surface area (Å²) in [7, 11) is -3.54. The molecule has 138 valence electrons. The Kier molecular flexibility index (Phi) is 8.45. The quantitative estimate of drug-likeness (QED) is 0.469. The van der Waals surface area contributed by atoms with E-state index in [2.05, 4.69) is 67.7 Å². The molecule has 0 aliphatic carbocycles. The fraction of sp³-hybridized carbons (Fsp3) is 0.889. The largest absolute Gasteiger partial charge is 0.417 e. The molecule has 0 radical (unpaired) electrons. The van der Waals surface area contributed by atoms with E-state index in [0.717, 1.165) is 6.42 Å². The second-order valence-electron chi connectivity index (χ2n) is 9.42. The fourth-order valence-corrected chi connectivity index (χ4v) is 3.98. The van der Waals surface area contributed by atoms with Gasteiger partial charge in [0.1, 0.15) is 0 Å². The molecule has 23 heavy (non-hydrogen) atoms. The Morgan fingerprint density at radius 2 is 1.39 bits per heavy atom. The van der Waals surface area contributed by atoms with Gasteiger partial charge in [0, 0.05) is 6.61 Å². The van der Waals surface area contributed by atoms with Crippen LogP contribution in [0.3, 0.4) is 0 Å². The Morgan fingerprint density at radius 1 is 0.913 bits per heavy atom. The third-order valence-corrected chi connectivity index (χ3v) is 14.4. The first kappa shape index (κ1) is 23.1. The second kappa shape index (κ2) is 8.43. The smallest absolute Gasteiger partial charge is 0.192 e. The molecule has 0 aromatic carbocycles. The Bertz CT molecular complexity index is 377. The van der Waals surface area contributed by atoms with E-state index >= 15 is 0 Å². The van der Waals surface area contributed by atoms with Gasteiger partial charge in [-0.1, -0.05) is 53.7 Å². The van der Waals surface area contributed by atoms with Crippen LogP contribution >= 0.6 is 0 Å². The van der Waals surface area contributed by atoms with E-state index in [0.29, 0.717) is 6.61 Å². The molecule has 0 unspecified atom stereocenters. The van der Waals surface area contributed by atoms with E-state index < -0.39 is 16.6 Å². The van der Waals surface area contributed by atoms with Crippen molar-refractivity contribution in [3.63, 3.8) is 0 Å². The molecule has 1 N–H and O–H groups in total. The molecule has 0 saturated heterocycles. The van der Waals surface area contributed by atoms with Crippen molar-refractivity contribution in [3.8, 4) is 0 Å². The summed E-state index contributed by atoms with van der Waals surface area (Å²) >= 11 is 0. The molecule has 0 aromatic heterocycles. The van der Waals surface area contributed by atoms with E-state index in [9.17, 15) is 0 Å². The van der Waals surface area contributed by atoms with Crippen LogP contribution in [-0.2, 0) is 8.85 Å². The highest BCUT2D eigenvalue weighted by molar-refractivity contribution is 6.74. The zero-order valence-electron chi connectivity index (χ0n) is 17.1. The van der Waals surface area contributed by atoms with Gasteiger partial charge in [0.2, 0.25) is 0 Å². The van der Waals surface area contributed by atoms with Gasteiger partial charge in [0.25, 0.3) is 0 Å². The highest BCUT2D eigenvalue weighted by atomic mass is 28.4. The first-order valence-corrected chi connectivity index (χ1v) is 14.5. The Balaban J connectivity index is 4.81. The van der Waals surface area contributed by atoms with E-state index in [1.165, 1.54) is 0 Å². The van der Waals surface area contributed by atoms with Gasteiger partial charge in [-0.15, -0.1) is 0 Å². The predicted molar refractivity (Wildman–Crippen MR) is 106 cm³/mol. The van der Waals surface area contributed by atoms with Crippen LogP contribution in [-0.4, -0.2) is 41.1 Å². The van der Waals surface area contributed by atoms with Crippen LogP contribution in [0.4, 0.5) is 0 Å². The molecular weight excluding hydrogens is 320 g/mol.